The van der Waals surface area contributed by atoms with Crippen molar-refractivity contribution in [3.63, 3.8) is 0 Å². The summed E-state index contributed by atoms with van der Waals surface area (Å²) in [4.78, 5) is 0. The minimum Gasteiger partial charge on any atom is -0.397 e. The molecule has 66 valence electrons. The van der Waals surface area contributed by atoms with Crippen LogP contribution in [-0.4, -0.2) is 0 Å². The Morgan fingerprint density at radius 3 is 2.42 bits per heavy atom. The molecule has 0 atom stereocenters. The Morgan fingerprint density at radius 1 is 1.33 bits per heavy atom. The lowest BCUT2D eigenvalue weighted by molar-refractivity contribution is 0.868. The van der Waals surface area contributed by atoms with E-state index in [4.69, 9.17) is 17.3 Å². The van der Waals surface area contributed by atoms with Crippen LogP contribution in [0.5, 0.6) is 0 Å². The van der Waals surface area contributed by atoms with Crippen LogP contribution in [0, 0.1) is 6.92 Å². The van der Waals surface area contributed by atoms with E-state index in [-0.39, 0.29) is 0 Å². The van der Waals surface area contributed by atoms with E-state index >= 15 is 0 Å². The molecule has 0 spiro atoms. The van der Waals surface area contributed by atoms with Gasteiger partial charge in [0.2, 0.25) is 0 Å². The third kappa shape index (κ3) is 1.72. The van der Waals surface area contributed by atoms with Crippen molar-refractivity contribution in [2.45, 2.75) is 26.7 Å². The topological polar surface area (TPSA) is 26.0 Å². The monoisotopic (exact) mass is 183 g/mol. The Morgan fingerprint density at radius 2 is 1.92 bits per heavy atom. The molecule has 0 unspecified atom stereocenters. The van der Waals surface area contributed by atoms with Crippen LogP contribution in [0.15, 0.2) is 12.1 Å². The first-order valence-electron chi connectivity index (χ1n) is 4.08. The normalized spacial score (nSPS) is 10.8. The van der Waals surface area contributed by atoms with Gasteiger partial charge in [-0.15, -0.1) is 0 Å². The number of hydrogen-bond donors (Lipinski definition) is 1. The fraction of sp³-hybridized carbons (Fsp3) is 0.400. The first-order valence-corrected chi connectivity index (χ1v) is 4.45. The molecule has 0 aromatic heterocycles. The first kappa shape index (κ1) is 9.40. The number of benzene rings is 1. The second kappa shape index (κ2) is 3.36. The van der Waals surface area contributed by atoms with Crippen LogP contribution >= 0.6 is 11.6 Å². The molecular weight excluding hydrogens is 170 g/mol. The Hall–Kier alpha value is -0.690. The van der Waals surface area contributed by atoms with Crippen LogP contribution in [0.4, 0.5) is 5.69 Å². The quantitative estimate of drug-likeness (QED) is 0.664. The molecule has 1 aromatic rings. The van der Waals surface area contributed by atoms with Crippen LogP contribution in [0.3, 0.4) is 0 Å². The number of hydrogen-bond acceptors (Lipinski definition) is 1. The van der Waals surface area contributed by atoms with Crippen LogP contribution in [0.25, 0.3) is 0 Å². The number of halogens is 1. The van der Waals surface area contributed by atoms with E-state index in [1.165, 1.54) is 0 Å². The Bertz CT molecular complexity index is 292. The molecule has 0 saturated heterocycles. The average Bonchev–Trinajstić information content (AvgIpc) is 1.96. The smallest absolute Gasteiger partial charge is 0.0641 e. The molecule has 2 heteroatoms. The van der Waals surface area contributed by atoms with Crippen molar-refractivity contribution >= 4 is 17.3 Å². The maximum Gasteiger partial charge on any atom is 0.0641 e. The number of aryl methyl sites for hydroxylation is 1. The van der Waals surface area contributed by atoms with Crippen LogP contribution < -0.4 is 5.73 Å². The fourth-order valence-corrected chi connectivity index (χ4v) is 1.54. The van der Waals surface area contributed by atoms with Gasteiger partial charge in [-0.2, -0.15) is 0 Å². The second-order valence-electron chi connectivity index (χ2n) is 3.40. The van der Waals surface area contributed by atoms with Gasteiger partial charge >= 0.3 is 0 Å². The van der Waals surface area contributed by atoms with E-state index in [0.717, 1.165) is 16.8 Å². The zero-order chi connectivity index (χ0) is 9.30. The maximum atomic E-state index is 5.94. The van der Waals surface area contributed by atoms with E-state index in [1.807, 2.05) is 13.0 Å². The third-order valence-electron chi connectivity index (χ3n) is 1.93. The standard InChI is InChI=1S/C10H14ClN/c1-6(2)8-4-7(3)5-9(11)10(8)12/h4-6H,12H2,1-3H3. The van der Waals surface area contributed by atoms with Crippen LogP contribution in [-0.2, 0) is 0 Å². The zero-order valence-corrected chi connectivity index (χ0v) is 8.44. The summed E-state index contributed by atoms with van der Waals surface area (Å²) in [6, 6.07) is 3.98. The van der Waals surface area contributed by atoms with Crippen LogP contribution in [0.1, 0.15) is 30.9 Å². The molecule has 1 nitrogen and oxygen atoms in total. The minimum absolute atomic E-state index is 0.433. The number of rotatable bonds is 1. The van der Waals surface area contributed by atoms with Crippen molar-refractivity contribution in [1.29, 1.82) is 0 Å². The van der Waals surface area contributed by atoms with Crippen molar-refractivity contribution in [3.05, 3.63) is 28.3 Å². The molecule has 0 aliphatic rings. The van der Waals surface area contributed by atoms with Crippen molar-refractivity contribution in [1.82, 2.24) is 0 Å². The molecule has 0 aliphatic carbocycles. The molecule has 12 heavy (non-hydrogen) atoms. The van der Waals surface area contributed by atoms with E-state index in [9.17, 15) is 0 Å². The van der Waals surface area contributed by atoms with Crippen molar-refractivity contribution in [2.75, 3.05) is 5.73 Å². The van der Waals surface area contributed by atoms with Crippen molar-refractivity contribution in [3.8, 4) is 0 Å². The Labute approximate surface area is 78.5 Å². The van der Waals surface area contributed by atoms with Gasteiger partial charge in [-0.25, -0.2) is 0 Å². The largest absolute Gasteiger partial charge is 0.397 e. The maximum absolute atomic E-state index is 5.94. The summed E-state index contributed by atoms with van der Waals surface area (Å²) < 4.78 is 0. The average molecular weight is 184 g/mol. The molecular formula is C10H14ClN. The van der Waals surface area contributed by atoms with E-state index in [2.05, 4.69) is 19.9 Å². The molecule has 0 radical (unpaired) electrons. The summed E-state index contributed by atoms with van der Waals surface area (Å²) in [5.74, 6) is 0.433. The molecule has 1 aromatic carbocycles. The van der Waals surface area contributed by atoms with Crippen molar-refractivity contribution in [2.24, 2.45) is 0 Å². The van der Waals surface area contributed by atoms with Gasteiger partial charge in [0, 0.05) is 0 Å². The Balaban J connectivity index is 3.28. The molecule has 0 amide bonds. The highest BCUT2D eigenvalue weighted by Crippen LogP contribution is 2.29. The highest BCUT2D eigenvalue weighted by atomic mass is 35.5. The molecule has 0 saturated carbocycles. The fourth-order valence-electron chi connectivity index (χ4n) is 1.26. The van der Waals surface area contributed by atoms with Gasteiger partial charge < -0.3 is 5.73 Å². The van der Waals surface area contributed by atoms with Gasteiger partial charge in [0.25, 0.3) is 0 Å². The van der Waals surface area contributed by atoms with Gasteiger partial charge in [-0.05, 0) is 30.0 Å². The SMILES string of the molecule is Cc1cc(Cl)c(N)c(C(C)C)c1. The van der Waals surface area contributed by atoms with E-state index in [1.54, 1.807) is 0 Å². The third-order valence-corrected chi connectivity index (χ3v) is 2.24. The van der Waals surface area contributed by atoms with E-state index < -0.39 is 0 Å². The number of nitrogen functional groups attached to an aromatic ring is 1. The van der Waals surface area contributed by atoms with Gasteiger partial charge in [0.1, 0.15) is 0 Å². The summed E-state index contributed by atoms with van der Waals surface area (Å²) in [7, 11) is 0. The highest BCUT2D eigenvalue weighted by Gasteiger charge is 2.07. The molecule has 2 N–H and O–H groups in total. The lowest BCUT2D eigenvalue weighted by atomic mass is 9.99. The second-order valence-corrected chi connectivity index (χ2v) is 3.81. The highest BCUT2D eigenvalue weighted by molar-refractivity contribution is 6.33. The summed E-state index contributed by atoms with van der Waals surface area (Å²) in [6.45, 7) is 6.25. The lowest BCUT2D eigenvalue weighted by Gasteiger charge is -2.11. The summed E-state index contributed by atoms with van der Waals surface area (Å²) in [5.41, 5.74) is 8.84. The van der Waals surface area contributed by atoms with Crippen molar-refractivity contribution < 1.29 is 0 Å². The first-order chi connectivity index (χ1) is 5.52. The molecule has 0 fully saturated rings. The predicted octanol–water partition coefficient (Wildman–Crippen LogP) is 3.35. The lowest BCUT2D eigenvalue weighted by Crippen LogP contribution is -1.97. The van der Waals surface area contributed by atoms with E-state index in [0.29, 0.717) is 10.9 Å². The molecule has 0 heterocycles. The van der Waals surface area contributed by atoms with Gasteiger partial charge in [-0.3, -0.25) is 0 Å². The zero-order valence-electron chi connectivity index (χ0n) is 7.69. The summed E-state index contributed by atoms with van der Waals surface area (Å²) in [5, 5.41) is 0.665. The molecule has 0 bridgehead atoms. The molecule has 0 aliphatic heterocycles. The predicted molar refractivity (Wildman–Crippen MR) is 54.7 cm³/mol. The summed E-state index contributed by atoms with van der Waals surface area (Å²) in [6.07, 6.45) is 0. The molecule has 1 rings (SSSR count). The van der Waals surface area contributed by atoms with Gasteiger partial charge in [-0.1, -0.05) is 31.5 Å². The Kier molecular flexibility index (Phi) is 2.63. The van der Waals surface area contributed by atoms with Gasteiger partial charge in [0.15, 0.2) is 0 Å². The number of nitrogens with two attached hydrogens (primary N) is 1. The summed E-state index contributed by atoms with van der Waals surface area (Å²) >= 11 is 5.94. The van der Waals surface area contributed by atoms with Crippen LogP contribution in [0.2, 0.25) is 5.02 Å². The number of anilines is 1. The minimum atomic E-state index is 0.433. The van der Waals surface area contributed by atoms with Gasteiger partial charge in [0.05, 0.1) is 10.7 Å².